The van der Waals surface area contributed by atoms with E-state index in [1.165, 1.54) is 38.9 Å². The van der Waals surface area contributed by atoms with Crippen molar-refractivity contribution in [3.05, 3.63) is 0 Å². The van der Waals surface area contributed by atoms with Gasteiger partial charge in [-0.15, -0.1) is 0 Å². The monoisotopic (exact) mass is 182 g/mol. The van der Waals surface area contributed by atoms with E-state index in [0.717, 1.165) is 6.04 Å². The van der Waals surface area contributed by atoms with Crippen LogP contribution in [0.4, 0.5) is 0 Å². The first kappa shape index (κ1) is 9.47. The Morgan fingerprint density at radius 2 is 1.92 bits per heavy atom. The molecule has 1 spiro atoms. The second kappa shape index (κ2) is 3.25. The smallest absolute Gasteiger partial charge is 0.0346 e. The zero-order valence-electron chi connectivity index (χ0n) is 9.21. The fourth-order valence-electron chi connectivity index (χ4n) is 2.76. The Kier molecular flexibility index (Phi) is 2.37. The van der Waals surface area contributed by atoms with Crippen molar-refractivity contribution in [2.24, 2.45) is 0 Å². The molecule has 2 rings (SSSR count). The van der Waals surface area contributed by atoms with Crippen LogP contribution in [0.15, 0.2) is 0 Å². The van der Waals surface area contributed by atoms with E-state index in [0.29, 0.717) is 5.54 Å². The Morgan fingerprint density at radius 3 is 2.38 bits per heavy atom. The zero-order valence-corrected chi connectivity index (χ0v) is 9.21. The van der Waals surface area contributed by atoms with Gasteiger partial charge in [0, 0.05) is 24.7 Å². The van der Waals surface area contributed by atoms with Crippen LogP contribution in [0.1, 0.15) is 33.1 Å². The van der Waals surface area contributed by atoms with Crippen LogP contribution >= 0.6 is 0 Å². The van der Waals surface area contributed by atoms with Gasteiger partial charge in [0.05, 0.1) is 0 Å². The van der Waals surface area contributed by atoms with Crippen molar-refractivity contribution < 1.29 is 0 Å². The van der Waals surface area contributed by atoms with Crippen molar-refractivity contribution in [3.8, 4) is 0 Å². The number of hydrogen-bond acceptors (Lipinski definition) is 2. The Balaban J connectivity index is 1.99. The highest BCUT2D eigenvalue weighted by atomic mass is 15.3. The molecule has 2 heteroatoms. The van der Waals surface area contributed by atoms with Gasteiger partial charge in [0.2, 0.25) is 0 Å². The van der Waals surface area contributed by atoms with Crippen LogP contribution in [0.25, 0.3) is 0 Å². The summed E-state index contributed by atoms with van der Waals surface area (Å²) in [5, 5.41) is 0. The molecule has 0 bridgehead atoms. The first-order chi connectivity index (χ1) is 6.14. The molecule has 2 aliphatic rings. The molecule has 76 valence electrons. The van der Waals surface area contributed by atoms with Crippen molar-refractivity contribution in [1.29, 1.82) is 0 Å². The molecular formula is C11H22N2. The van der Waals surface area contributed by atoms with Gasteiger partial charge in [-0.05, 0) is 46.7 Å². The minimum atomic E-state index is 0.572. The number of rotatable bonds is 1. The van der Waals surface area contributed by atoms with Crippen LogP contribution in [-0.4, -0.2) is 48.1 Å². The Hall–Kier alpha value is -0.0800. The molecule has 2 nitrogen and oxygen atoms in total. The summed E-state index contributed by atoms with van der Waals surface area (Å²) in [5.41, 5.74) is 0.572. The molecule has 0 N–H and O–H groups in total. The molecule has 0 aromatic rings. The van der Waals surface area contributed by atoms with Crippen molar-refractivity contribution in [1.82, 2.24) is 9.80 Å². The summed E-state index contributed by atoms with van der Waals surface area (Å²) < 4.78 is 0. The SMILES string of the molecule is CC(C)N1CCCC2(CCN2C)C1. The lowest BCUT2D eigenvalue weighted by Gasteiger charge is -2.56. The lowest BCUT2D eigenvalue weighted by Crippen LogP contribution is -2.66. The topological polar surface area (TPSA) is 6.48 Å². The van der Waals surface area contributed by atoms with Gasteiger partial charge >= 0.3 is 0 Å². The summed E-state index contributed by atoms with van der Waals surface area (Å²) in [6.45, 7) is 8.57. The predicted octanol–water partition coefficient (Wildman–Crippen LogP) is 1.56. The van der Waals surface area contributed by atoms with Crippen LogP contribution in [0.3, 0.4) is 0 Å². The van der Waals surface area contributed by atoms with E-state index >= 15 is 0 Å². The molecular weight excluding hydrogens is 160 g/mol. The fraction of sp³-hybridized carbons (Fsp3) is 1.00. The van der Waals surface area contributed by atoms with Crippen molar-refractivity contribution in [2.45, 2.75) is 44.7 Å². The van der Waals surface area contributed by atoms with E-state index in [9.17, 15) is 0 Å². The summed E-state index contributed by atoms with van der Waals surface area (Å²) in [7, 11) is 2.29. The maximum Gasteiger partial charge on any atom is 0.0346 e. The third kappa shape index (κ3) is 1.50. The summed E-state index contributed by atoms with van der Waals surface area (Å²) in [6.07, 6.45) is 4.24. The van der Waals surface area contributed by atoms with Crippen LogP contribution < -0.4 is 0 Å². The fourth-order valence-corrected chi connectivity index (χ4v) is 2.76. The highest BCUT2D eigenvalue weighted by molar-refractivity contribution is 5.02. The summed E-state index contributed by atoms with van der Waals surface area (Å²) >= 11 is 0. The van der Waals surface area contributed by atoms with Crippen LogP contribution in [0.5, 0.6) is 0 Å². The van der Waals surface area contributed by atoms with Gasteiger partial charge in [0.1, 0.15) is 0 Å². The molecule has 2 heterocycles. The van der Waals surface area contributed by atoms with Gasteiger partial charge in [-0.3, -0.25) is 9.80 Å². The van der Waals surface area contributed by atoms with E-state index in [1.807, 2.05) is 0 Å². The maximum absolute atomic E-state index is 2.64. The number of hydrogen-bond donors (Lipinski definition) is 0. The molecule has 0 amide bonds. The zero-order chi connectivity index (χ0) is 9.47. The Labute approximate surface area is 81.9 Å². The van der Waals surface area contributed by atoms with Crippen LogP contribution in [-0.2, 0) is 0 Å². The highest BCUT2D eigenvalue weighted by Gasteiger charge is 2.45. The van der Waals surface area contributed by atoms with Gasteiger partial charge < -0.3 is 0 Å². The second-order valence-electron chi connectivity index (χ2n) is 5.06. The second-order valence-corrected chi connectivity index (χ2v) is 5.06. The maximum atomic E-state index is 2.64. The van der Waals surface area contributed by atoms with Gasteiger partial charge in [0.15, 0.2) is 0 Å². The van der Waals surface area contributed by atoms with Crippen LogP contribution in [0.2, 0.25) is 0 Å². The molecule has 0 saturated carbocycles. The lowest BCUT2D eigenvalue weighted by molar-refractivity contribution is -0.0549. The molecule has 0 aromatic heterocycles. The third-order valence-corrected chi connectivity index (χ3v) is 4.04. The average Bonchev–Trinajstić information content (AvgIpc) is 2.16. The first-order valence-corrected chi connectivity index (χ1v) is 5.59. The number of likely N-dealkylation sites (N-methyl/N-ethyl adjacent to an activating group) is 1. The lowest BCUT2D eigenvalue weighted by atomic mass is 9.78. The number of likely N-dealkylation sites (tertiary alicyclic amines) is 2. The summed E-state index contributed by atoms with van der Waals surface area (Å²) in [6, 6.07) is 0.728. The first-order valence-electron chi connectivity index (χ1n) is 5.59. The minimum Gasteiger partial charge on any atom is -0.299 e. The van der Waals surface area contributed by atoms with E-state index < -0.39 is 0 Å². The molecule has 0 aromatic carbocycles. The molecule has 1 unspecified atom stereocenters. The van der Waals surface area contributed by atoms with Crippen LogP contribution in [0, 0.1) is 0 Å². The van der Waals surface area contributed by atoms with Gasteiger partial charge in [0.25, 0.3) is 0 Å². The Bertz CT molecular complexity index is 191. The average molecular weight is 182 g/mol. The Morgan fingerprint density at radius 1 is 1.15 bits per heavy atom. The van der Waals surface area contributed by atoms with Gasteiger partial charge in [-0.2, -0.15) is 0 Å². The molecule has 13 heavy (non-hydrogen) atoms. The summed E-state index contributed by atoms with van der Waals surface area (Å²) in [5.74, 6) is 0. The normalized spacial score (nSPS) is 36.9. The van der Waals surface area contributed by atoms with Crippen molar-refractivity contribution >= 4 is 0 Å². The predicted molar refractivity (Wildman–Crippen MR) is 55.9 cm³/mol. The molecule has 1 atom stereocenters. The molecule has 0 aliphatic carbocycles. The number of nitrogens with zero attached hydrogens (tertiary/aromatic N) is 2. The third-order valence-electron chi connectivity index (χ3n) is 4.04. The minimum absolute atomic E-state index is 0.572. The van der Waals surface area contributed by atoms with Crippen molar-refractivity contribution in [3.63, 3.8) is 0 Å². The summed E-state index contributed by atoms with van der Waals surface area (Å²) in [4.78, 5) is 5.20. The molecule has 0 radical (unpaired) electrons. The van der Waals surface area contributed by atoms with E-state index in [2.05, 4.69) is 30.7 Å². The molecule has 2 saturated heterocycles. The molecule has 2 fully saturated rings. The van der Waals surface area contributed by atoms with E-state index in [-0.39, 0.29) is 0 Å². The van der Waals surface area contributed by atoms with Crippen molar-refractivity contribution in [2.75, 3.05) is 26.7 Å². The quantitative estimate of drug-likeness (QED) is 0.607. The van der Waals surface area contributed by atoms with E-state index in [4.69, 9.17) is 0 Å². The largest absolute Gasteiger partial charge is 0.299 e. The van der Waals surface area contributed by atoms with Gasteiger partial charge in [-0.1, -0.05) is 0 Å². The van der Waals surface area contributed by atoms with Gasteiger partial charge in [-0.25, -0.2) is 0 Å². The highest BCUT2D eigenvalue weighted by Crippen LogP contribution is 2.37. The standard InChI is InChI=1S/C11H22N2/c1-10(2)13-7-4-5-11(9-13)6-8-12(11)3/h10H,4-9H2,1-3H3. The number of piperidine rings is 1. The van der Waals surface area contributed by atoms with E-state index in [1.54, 1.807) is 0 Å². The molecule has 2 aliphatic heterocycles.